The Kier molecular flexibility index (Phi) is 3.89. The van der Waals surface area contributed by atoms with Gasteiger partial charge >= 0.3 is 0 Å². The summed E-state index contributed by atoms with van der Waals surface area (Å²) in [6, 6.07) is 10.2. The summed E-state index contributed by atoms with van der Waals surface area (Å²) < 4.78 is 5.98. The van der Waals surface area contributed by atoms with Crippen LogP contribution in [0, 0.1) is 30.1 Å². The van der Waals surface area contributed by atoms with Crippen molar-refractivity contribution >= 4 is 5.88 Å². The molecule has 4 nitrogen and oxygen atoms in total. The molecule has 1 fully saturated rings. The lowest BCUT2D eigenvalue weighted by Crippen LogP contribution is -2.38. The van der Waals surface area contributed by atoms with Crippen molar-refractivity contribution in [1.29, 1.82) is 5.26 Å². The fraction of sp³-hybridized carbons (Fsp3) is 0.444. The monoisotopic (exact) mass is 295 g/mol. The van der Waals surface area contributed by atoms with Gasteiger partial charge in [-0.25, -0.2) is 0 Å². The Bertz CT molecular complexity index is 703. The molecule has 2 aromatic rings. The van der Waals surface area contributed by atoms with Crippen LogP contribution in [0.2, 0.25) is 0 Å². The number of oxazole rings is 1. The normalized spacial score (nSPS) is 21.6. The van der Waals surface area contributed by atoms with Crippen molar-refractivity contribution in [3.63, 3.8) is 0 Å². The molecule has 1 aliphatic heterocycles. The van der Waals surface area contributed by atoms with Crippen LogP contribution in [0.3, 0.4) is 0 Å². The van der Waals surface area contributed by atoms with Crippen LogP contribution in [0.5, 0.6) is 0 Å². The fourth-order valence-electron chi connectivity index (χ4n) is 3.33. The van der Waals surface area contributed by atoms with Gasteiger partial charge in [0, 0.05) is 18.7 Å². The predicted octanol–water partition coefficient (Wildman–Crippen LogP) is 4.00. The van der Waals surface area contributed by atoms with Gasteiger partial charge in [0.25, 0.3) is 0 Å². The summed E-state index contributed by atoms with van der Waals surface area (Å²) in [5.74, 6) is 2.35. The molecule has 114 valence electrons. The van der Waals surface area contributed by atoms with E-state index in [0.717, 1.165) is 24.2 Å². The van der Waals surface area contributed by atoms with Gasteiger partial charge < -0.3 is 9.32 Å². The topological polar surface area (TPSA) is 53.1 Å². The fourth-order valence-corrected chi connectivity index (χ4v) is 3.33. The highest BCUT2D eigenvalue weighted by Gasteiger charge is 2.27. The van der Waals surface area contributed by atoms with Crippen molar-refractivity contribution in [1.82, 2.24) is 4.98 Å². The zero-order valence-corrected chi connectivity index (χ0v) is 13.3. The van der Waals surface area contributed by atoms with Crippen molar-refractivity contribution in [3.05, 3.63) is 35.5 Å². The van der Waals surface area contributed by atoms with Crippen LogP contribution in [0.4, 0.5) is 5.88 Å². The molecular weight excluding hydrogens is 274 g/mol. The molecule has 1 aromatic heterocycles. The molecular formula is C18H21N3O. The molecule has 2 heterocycles. The van der Waals surface area contributed by atoms with Gasteiger partial charge in [-0.1, -0.05) is 31.5 Å². The summed E-state index contributed by atoms with van der Waals surface area (Å²) in [6.45, 7) is 8.36. The van der Waals surface area contributed by atoms with E-state index in [-0.39, 0.29) is 0 Å². The second kappa shape index (κ2) is 5.84. The van der Waals surface area contributed by atoms with Gasteiger partial charge in [0.2, 0.25) is 17.5 Å². The van der Waals surface area contributed by atoms with Gasteiger partial charge in [-0.05, 0) is 37.3 Å². The van der Waals surface area contributed by atoms with Gasteiger partial charge in [-0.2, -0.15) is 10.2 Å². The minimum Gasteiger partial charge on any atom is -0.419 e. The van der Waals surface area contributed by atoms with E-state index >= 15 is 0 Å². The average molecular weight is 295 g/mol. The van der Waals surface area contributed by atoms with Crippen molar-refractivity contribution in [2.24, 2.45) is 11.8 Å². The summed E-state index contributed by atoms with van der Waals surface area (Å²) in [6.07, 6.45) is 1.22. The number of hydrogen-bond donors (Lipinski definition) is 0. The molecule has 0 spiro atoms. The lowest BCUT2D eigenvalue weighted by Gasteiger charge is -2.34. The minimum absolute atomic E-state index is 0.387. The highest BCUT2D eigenvalue weighted by molar-refractivity contribution is 5.60. The Labute approximate surface area is 131 Å². The SMILES string of the molecule is Cc1cccc(-c2nc(C#N)c(N3C[C@@H](C)C[C@H](C)C3)o2)c1. The third-order valence-electron chi connectivity index (χ3n) is 4.14. The van der Waals surface area contributed by atoms with E-state index in [9.17, 15) is 5.26 Å². The first-order valence-electron chi connectivity index (χ1n) is 7.79. The molecule has 3 rings (SSSR count). The van der Waals surface area contributed by atoms with Gasteiger partial charge in [-0.15, -0.1) is 0 Å². The summed E-state index contributed by atoms with van der Waals surface area (Å²) in [7, 11) is 0. The second-order valence-electron chi connectivity index (χ2n) is 6.51. The minimum atomic E-state index is 0.387. The molecule has 1 saturated heterocycles. The Morgan fingerprint density at radius 2 is 2.00 bits per heavy atom. The lowest BCUT2D eigenvalue weighted by molar-refractivity contribution is 0.344. The van der Waals surface area contributed by atoms with Crippen LogP contribution in [0.25, 0.3) is 11.5 Å². The number of aromatic nitrogens is 1. The molecule has 0 N–H and O–H groups in total. The van der Waals surface area contributed by atoms with Crippen LogP contribution >= 0.6 is 0 Å². The number of aryl methyl sites for hydroxylation is 1. The largest absolute Gasteiger partial charge is 0.419 e. The van der Waals surface area contributed by atoms with Crippen molar-refractivity contribution in [2.75, 3.05) is 18.0 Å². The Balaban J connectivity index is 1.97. The van der Waals surface area contributed by atoms with Gasteiger partial charge in [0.1, 0.15) is 6.07 Å². The molecule has 4 heteroatoms. The summed E-state index contributed by atoms with van der Waals surface area (Å²) in [4.78, 5) is 6.57. The quantitative estimate of drug-likeness (QED) is 0.840. The van der Waals surface area contributed by atoms with Gasteiger partial charge in [0.15, 0.2) is 0 Å². The van der Waals surface area contributed by atoms with E-state index in [1.807, 2.05) is 31.2 Å². The number of nitriles is 1. The molecule has 1 aromatic carbocycles. The number of anilines is 1. The maximum Gasteiger partial charge on any atom is 0.235 e. The van der Waals surface area contributed by atoms with Crippen LogP contribution in [-0.2, 0) is 0 Å². The second-order valence-corrected chi connectivity index (χ2v) is 6.51. The number of hydrogen-bond acceptors (Lipinski definition) is 4. The Morgan fingerprint density at radius 1 is 1.27 bits per heavy atom. The van der Waals surface area contributed by atoms with Gasteiger partial charge in [0.05, 0.1) is 0 Å². The lowest BCUT2D eigenvalue weighted by atomic mass is 9.92. The number of nitrogens with zero attached hydrogens (tertiary/aromatic N) is 3. The molecule has 0 radical (unpaired) electrons. The van der Waals surface area contributed by atoms with E-state index in [2.05, 4.69) is 29.8 Å². The van der Waals surface area contributed by atoms with Crippen molar-refractivity contribution < 1.29 is 4.42 Å². The standard InChI is InChI=1S/C18H21N3O/c1-12-5-4-6-15(8-12)17-20-16(9-19)18(22-17)21-10-13(2)7-14(3)11-21/h4-6,8,13-14H,7,10-11H2,1-3H3/t13-,14-/m0/s1. The third kappa shape index (κ3) is 2.85. The summed E-state index contributed by atoms with van der Waals surface area (Å²) in [5.41, 5.74) is 2.45. The molecule has 0 aliphatic carbocycles. The van der Waals surface area contributed by atoms with E-state index < -0.39 is 0 Å². The van der Waals surface area contributed by atoms with E-state index in [1.54, 1.807) is 0 Å². The summed E-state index contributed by atoms with van der Waals surface area (Å²) in [5, 5.41) is 9.40. The highest BCUT2D eigenvalue weighted by atomic mass is 16.4. The Morgan fingerprint density at radius 3 is 2.64 bits per heavy atom. The highest BCUT2D eigenvalue weighted by Crippen LogP contribution is 2.32. The van der Waals surface area contributed by atoms with Gasteiger partial charge in [-0.3, -0.25) is 0 Å². The first-order valence-corrected chi connectivity index (χ1v) is 7.79. The number of piperidine rings is 1. The Hall–Kier alpha value is -2.28. The molecule has 0 unspecified atom stereocenters. The maximum absolute atomic E-state index is 9.40. The summed E-state index contributed by atoms with van der Waals surface area (Å²) >= 11 is 0. The zero-order valence-electron chi connectivity index (χ0n) is 13.3. The van der Waals surface area contributed by atoms with Crippen LogP contribution in [0.15, 0.2) is 28.7 Å². The molecule has 1 aliphatic rings. The first kappa shape index (κ1) is 14.6. The smallest absolute Gasteiger partial charge is 0.235 e. The van der Waals surface area contributed by atoms with E-state index in [4.69, 9.17) is 4.42 Å². The van der Waals surface area contributed by atoms with Crippen LogP contribution < -0.4 is 4.90 Å². The molecule has 0 saturated carbocycles. The van der Waals surface area contributed by atoms with Crippen molar-refractivity contribution in [3.8, 4) is 17.5 Å². The average Bonchev–Trinajstić information content (AvgIpc) is 2.90. The van der Waals surface area contributed by atoms with Crippen molar-refractivity contribution in [2.45, 2.75) is 27.2 Å². The van der Waals surface area contributed by atoms with Crippen LogP contribution in [-0.4, -0.2) is 18.1 Å². The first-order chi connectivity index (χ1) is 10.6. The molecule has 0 bridgehead atoms. The number of rotatable bonds is 2. The van der Waals surface area contributed by atoms with Crippen LogP contribution in [0.1, 0.15) is 31.5 Å². The van der Waals surface area contributed by atoms with E-state index in [0.29, 0.717) is 29.3 Å². The van der Waals surface area contributed by atoms with E-state index in [1.165, 1.54) is 6.42 Å². The maximum atomic E-state index is 9.40. The third-order valence-corrected chi connectivity index (χ3v) is 4.14. The number of benzene rings is 1. The molecule has 2 atom stereocenters. The molecule has 0 amide bonds. The zero-order chi connectivity index (χ0) is 15.7. The molecule has 22 heavy (non-hydrogen) atoms. The predicted molar refractivity (Wildman–Crippen MR) is 86.5 cm³/mol.